The molecular formula is C7H13NO3. The van der Waals surface area contributed by atoms with Gasteiger partial charge < -0.3 is 15.5 Å². The van der Waals surface area contributed by atoms with E-state index in [2.05, 4.69) is 5.32 Å². The maximum atomic E-state index is 10.2. The Morgan fingerprint density at radius 1 is 1.73 bits per heavy atom. The van der Waals surface area contributed by atoms with Crippen molar-refractivity contribution in [3.8, 4) is 0 Å². The fraction of sp³-hybridized carbons (Fsp3) is 0.857. The Kier molecular flexibility index (Phi) is 2.04. The van der Waals surface area contributed by atoms with E-state index < -0.39 is 11.7 Å². The highest BCUT2D eigenvalue weighted by Gasteiger charge is 2.37. The lowest BCUT2D eigenvalue weighted by atomic mass is 10.0. The Labute approximate surface area is 65.2 Å². The van der Waals surface area contributed by atoms with Crippen LogP contribution in [0.3, 0.4) is 0 Å². The molecule has 11 heavy (non-hydrogen) atoms. The zero-order valence-corrected chi connectivity index (χ0v) is 6.50. The molecule has 0 bridgehead atoms. The van der Waals surface area contributed by atoms with Gasteiger partial charge in [-0.1, -0.05) is 0 Å². The van der Waals surface area contributed by atoms with Gasteiger partial charge >= 0.3 is 6.09 Å². The van der Waals surface area contributed by atoms with Crippen molar-refractivity contribution in [1.82, 2.24) is 5.32 Å². The van der Waals surface area contributed by atoms with Crippen molar-refractivity contribution in [1.29, 1.82) is 0 Å². The molecule has 64 valence electrons. The maximum absolute atomic E-state index is 10.2. The summed E-state index contributed by atoms with van der Waals surface area (Å²) in [6, 6.07) is -0.292. The topological polar surface area (TPSA) is 69.6 Å². The molecule has 1 fully saturated rings. The van der Waals surface area contributed by atoms with Crippen molar-refractivity contribution < 1.29 is 15.0 Å². The second kappa shape index (κ2) is 2.70. The number of nitrogens with one attached hydrogen (secondary N) is 1. The van der Waals surface area contributed by atoms with Gasteiger partial charge in [-0.3, -0.25) is 0 Å². The van der Waals surface area contributed by atoms with Gasteiger partial charge in [-0.2, -0.15) is 0 Å². The lowest BCUT2D eigenvalue weighted by molar-refractivity contribution is 0.0394. The third-order valence-electron chi connectivity index (χ3n) is 2.22. The van der Waals surface area contributed by atoms with Crippen molar-refractivity contribution in [2.24, 2.45) is 0 Å². The van der Waals surface area contributed by atoms with Crippen molar-refractivity contribution in [2.45, 2.75) is 37.8 Å². The fourth-order valence-electron chi connectivity index (χ4n) is 1.53. The van der Waals surface area contributed by atoms with Gasteiger partial charge in [0.15, 0.2) is 0 Å². The van der Waals surface area contributed by atoms with Crippen LogP contribution in [0.4, 0.5) is 4.79 Å². The molecule has 0 saturated heterocycles. The van der Waals surface area contributed by atoms with Crippen LogP contribution in [0.2, 0.25) is 0 Å². The van der Waals surface area contributed by atoms with Crippen LogP contribution in [-0.4, -0.2) is 27.9 Å². The van der Waals surface area contributed by atoms with Crippen molar-refractivity contribution in [3.05, 3.63) is 0 Å². The average Bonchev–Trinajstić information content (AvgIpc) is 2.10. The predicted molar refractivity (Wildman–Crippen MR) is 39.4 cm³/mol. The Hall–Kier alpha value is -0.770. The van der Waals surface area contributed by atoms with Crippen LogP contribution < -0.4 is 5.32 Å². The van der Waals surface area contributed by atoms with Crippen LogP contribution in [0, 0.1) is 0 Å². The third kappa shape index (κ3) is 1.83. The zero-order valence-electron chi connectivity index (χ0n) is 6.50. The molecule has 4 nitrogen and oxygen atoms in total. The van der Waals surface area contributed by atoms with Crippen LogP contribution in [-0.2, 0) is 0 Å². The molecule has 1 amide bonds. The predicted octanol–water partition coefficient (Wildman–Crippen LogP) is 0.558. The first-order valence-corrected chi connectivity index (χ1v) is 3.74. The summed E-state index contributed by atoms with van der Waals surface area (Å²) in [7, 11) is 0. The fourth-order valence-corrected chi connectivity index (χ4v) is 1.53. The molecular weight excluding hydrogens is 146 g/mol. The summed E-state index contributed by atoms with van der Waals surface area (Å²) in [6.07, 6.45) is 1.24. The van der Waals surface area contributed by atoms with Crippen molar-refractivity contribution in [2.75, 3.05) is 0 Å². The molecule has 1 aliphatic carbocycles. The SMILES string of the molecule is C[C@@]1(O)CCC[C@H]1NC(=O)O. The summed E-state index contributed by atoms with van der Waals surface area (Å²) in [5, 5.41) is 20.3. The average molecular weight is 159 g/mol. The molecule has 0 aromatic rings. The quantitative estimate of drug-likeness (QED) is 0.523. The minimum Gasteiger partial charge on any atom is -0.465 e. The van der Waals surface area contributed by atoms with E-state index in [0.717, 1.165) is 12.8 Å². The summed E-state index contributed by atoms with van der Waals surface area (Å²) in [5.74, 6) is 0. The van der Waals surface area contributed by atoms with E-state index >= 15 is 0 Å². The molecule has 0 heterocycles. The Balaban J connectivity index is 2.51. The molecule has 2 atom stereocenters. The van der Waals surface area contributed by atoms with Gasteiger partial charge in [0.25, 0.3) is 0 Å². The van der Waals surface area contributed by atoms with Gasteiger partial charge in [0, 0.05) is 0 Å². The normalized spacial score (nSPS) is 37.1. The second-order valence-corrected chi connectivity index (χ2v) is 3.25. The summed E-state index contributed by atoms with van der Waals surface area (Å²) >= 11 is 0. The summed E-state index contributed by atoms with van der Waals surface area (Å²) in [4.78, 5) is 10.2. The minimum atomic E-state index is -1.06. The first kappa shape index (κ1) is 8.33. The number of hydrogen-bond donors (Lipinski definition) is 3. The molecule has 3 N–H and O–H groups in total. The molecule has 0 spiro atoms. The van der Waals surface area contributed by atoms with E-state index in [4.69, 9.17) is 5.11 Å². The number of rotatable bonds is 1. The second-order valence-electron chi connectivity index (χ2n) is 3.25. The van der Waals surface area contributed by atoms with Crippen LogP contribution in [0.5, 0.6) is 0 Å². The standard InChI is InChI=1S/C7H13NO3/c1-7(11)4-2-3-5(7)8-6(9)10/h5,8,11H,2-4H2,1H3,(H,9,10)/t5-,7-/m1/s1. The molecule has 0 aromatic carbocycles. The van der Waals surface area contributed by atoms with Crippen molar-refractivity contribution >= 4 is 6.09 Å². The first-order chi connectivity index (χ1) is 5.02. The zero-order chi connectivity index (χ0) is 8.48. The van der Waals surface area contributed by atoms with E-state index in [0.29, 0.717) is 6.42 Å². The molecule has 0 aromatic heterocycles. The van der Waals surface area contributed by atoms with Gasteiger partial charge in [-0.05, 0) is 26.2 Å². The highest BCUT2D eigenvalue weighted by atomic mass is 16.4. The molecule has 0 aliphatic heterocycles. The summed E-state index contributed by atoms with van der Waals surface area (Å²) in [6.45, 7) is 1.67. The number of amides is 1. The minimum absolute atomic E-state index is 0.292. The Bertz CT molecular complexity index is 167. The van der Waals surface area contributed by atoms with E-state index in [9.17, 15) is 9.90 Å². The Morgan fingerprint density at radius 2 is 2.36 bits per heavy atom. The van der Waals surface area contributed by atoms with Gasteiger partial charge in [0.05, 0.1) is 11.6 Å². The molecule has 0 unspecified atom stereocenters. The number of aliphatic hydroxyl groups is 1. The van der Waals surface area contributed by atoms with Crippen LogP contribution in [0.15, 0.2) is 0 Å². The summed E-state index contributed by atoms with van der Waals surface area (Å²) < 4.78 is 0. The largest absolute Gasteiger partial charge is 0.465 e. The van der Waals surface area contributed by atoms with Crippen LogP contribution >= 0.6 is 0 Å². The van der Waals surface area contributed by atoms with Crippen LogP contribution in [0.25, 0.3) is 0 Å². The van der Waals surface area contributed by atoms with E-state index in [1.165, 1.54) is 0 Å². The maximum Gasteiger partial charge on any atom is 0.404 e. The number of hydrogen-bond acceptors (Lipinski definition) is 2. The molecule has 1 rings (SSSR count). The Morgan fingerprint density at radius 3 is 2.73 bits per heavy atom. The van der Waals surface area contributed by atoms with Gasteiger partial charge in [0.1, 0.15) is 0 Å². The third-order valence-corrected chi connectivity index (χ3v) is 2.22. The first-order valence-electron chi connectivity index (χ1n) is 3.74. The highest BCUT2D eigenvalue weighted by molar-refractivity contribution is 5.65. The van der Waals surface area contributed by atoms with Crippen LogP contribution in [0.1, 0.15) is 26.2 Å². The van der Waals surface area contributed by atoms with E-state index in [-0.39, 0.29) is 6.04 Å². The smallest absolute Gasteiger partial charge is 0.404 e. The highest BCUT2D eigenvalue weighted by Crippen LogP contribution is 2.29. The number of carbonyl (C=O) groups is 1. The monoisotopic (exact) mass is 159 g/mol. The van der Waals surface area contributed by atoms with E-state index in [1.54, 1.807) is 6.92 Å². The summed E-state index contributed by atoms with van der Waals surface area (Å²) in [5.41, 5.74) is -0.849. The molecule has 1 aliphatic rings. The molecule has 1 saturated carbocycles. The van der Waals surface area contributed by atoms with Gasteiger partial charge in [-0.15, -0.1) is 0 Å². The molecule has 4 heteroatoms. The number of carboxylic acid groups (broad SMARTS) is 1. The lowest BCUT2D eigenvalue weighted by Crippen LogP contribution is -2.46. The lowest BCUT2D eigenvalue weighted by Gasteiger charge is -2.24. The van der Waals surface area contributed by atoms with Crippen molar-refractivity contribution in [3.63, 3.8) is 0 Å². The van der Waals surface area contributed by atoms with Gasteiger partial charge in [0.2, 0.25) is 0 Å². The van der Waals surface area contributed by atoms with Gasteiger partial charge in [-0.25, -0.2) is 4.79 Å². The van der Waals surface area contributed by atoms with E-state index in [1.807, 2.05) is 0 Å². The molecule has 0 radical (unpaired) electrons.